The van der Waals surface area contributed by atoms with Gasteiger partial charge in [-0.05, 0) is 24.0 Å². The average Bonchev–Trinajstić information content (AvgIpc) is 2.27. The van der Waals surface area contributed by atoms with E-state index in [1.807, 2.05) is 11.8 Å². The summed E-state index contributed by atoms with van der Waals surface area (Å²) in [6, 6.07) is 6.49. The van der Waals surface area contributed by atoms with E-state index >= 15 is 0 Å². The molecule has 1 nitrogen and oxygen atoms in total. The SMILES string of the molecule is Cc1cccc2c1SCC(C)(C)CN2. The highest BCUT2D eigenvalue weighted by Crippen LogP contribution is 2.38. The largest absolute Gasteiger partial charge is 0.384 e. The Labute approximate surface area is 90.3 Å². The highest BCUT2D eigenvalue weighted by Gasteiger charge is 2.23. The molecule has 0 fully saturated rings. The topological polar surface area (TPSA) is 12.0 Å². The molecule has 0 aromatic heterocycles. The van der Waals surface area contributed by atoms with Gasteiger partial charge >= 0.3 is 0 Å². The fourth-order valence-electron chi connectivity index (χ4n) is 1.64. The Morgan fingerprint density at radius 2 is 2.14 bits per heavy atom. The number of thioether (sulfide) groups is 1. The highest BCUT2D eigenvalue weighted by atomic mass is 32.2. The lowest BCUT2D eigenvalue weighted by Gasteiger charge is -2.21. The molecule has 1 aliphatic heterocycles. The minimum atomic E-state index is 0.385. The van der Waals surface area contributed by atoms with Crippen LogP contribution in [0.15, 0.2) is 23.1 Å². The van der Waals surface area contributed by atoms with Gasteiger partial charge in [0.15, 0.2) is 0 Å². The zero-order valence-corrected chi connectivity index (χ0v) is 9.87. The van der Waals surface area contributed by atoms with E-state index in [9.17, 15) is 0 Å². The predicted octanol–water partition coefficient (Wildman–Crippen LogP) is 3.54. The van der Waals surface area contributed by atoms with Gasteiger partial charge in [0.2, 0.25) is 0 Å². The van der Waals surface area contributed by atoms with Crippen molar-refractivity contribution in [3.63, 3.8) is 0 Å². The lowest BCUT2D eigenvalue weighted by Crippen LogP contribution is -2.23. The Morgan fingerprint density at radius 1 is 1.36 bits per heavy atom. The van der Waals surface area contributed by atoms with E-state index < -0.39 is 0 Å². The fraction of sp³-hybridized carbons (Fsp3) is 0.500. The molecule has 0 saturated carbocycles. The molecule has 1 aromatic rings. The minimum Gasteiger partial charge on any atom is -0.384 e. The van der Waals surface area contributed by atoms with Crippen molar-refractivity contribution in [2.75, 3.05) is 17.6 Å². The molecule has 0 unspecified atom stereocenters. The molecule has 0 aliphatic carbocycles. The van der Waals surface area contributed by atoms with E-state index in [-0.39, 0.29) is 0 Å². The van der Waals surface area contributed by atoms with Gasteiger partial charge in [-0.1, -0.05) is 26.0 Å². The second-order valence-electron chi connectivity index (χ2n) is 4.76. The number of rotatable bonds is 0. The molecule has 1 aliphatic rings. The van der Waals surface area contributed by atoms with E-state index in [0.29, 0.717) is 5.41 Å². The molecular weight excluding hydrogens is 190 g/mol. The first-order chi connectivity index (χ1) is 6.58. The lowest BCUT2D eigenvalue weighted by molar-refractivity contribution is 0.456. The molecule has 2 rings (SSSR count). The Morgan fingerprint density at radius 3 is 2.93 bits per heavy atom. The van der Waals surface area contributed by atoms with Crippen LogP contribution < -0.4 is 5.32 Å². The van der Waals surface area contributed by atoms with Crippen molar-refractivity contribution in [1.82, 2.24) is 0 Å². The maximum Gasteiger partial charge on any atom is 0.0481 e. The molecule has 14 heavy (non-hydrogen) atoms. The number of nitrogens with one attached hydrogen (secondary N) is 1. The van der Waals surface area contributed by atoms with Crippen molar-refractivity contribution in [3.8, 4) is 0 Å². The Hall–Kier alpha value is -0.630. The van der Waals surface area contributed by atoms with Crippen LogP contribution in [0.2, 0.25) is 0 Å². The number of benzene rings is 1. The lowest BCUT2D eigenvalue weighted by atomic mass is 9.96. The first-order valence-electron chi connectivity index (χ1n) is 5.05. The third-order valence-corrected chi connectivity index (χ3v) is 4.33. The molecular formula is C12H17NS. The van der Waals surface area contributed by atoms with Crippen LogP contribution in [0.4, 0.5) is 5.69 Å². The van der Waals surface area contributed by atoms with Gasteiger partial charge in [0.1, 0.15) is 0 Å². The van der Waals surface area contributed by atoms with E-state index in [1.165, 1.54) is 21.9 Å². The van der Waals surface area contributed by atoms with Gasteiger partial charge in [0, 0.05) is 22.9 Å². The summed E-state index contributed by atoms with van der Waals surface area (Å²) >= 11 is 1.98. The van der Waals surface area contributed by atoms with Crippen LogP contribution in [0.5, 0.6) is 0 Å². The van der Waals surface area contributed by atoms with Gasteiger partial charge < -0.3 is 5.32 Å². The van der Waals surface area contributed by atoms with Crippen LogP contribution in [0.3, 0.4) is 0 Å². The second-order valence-corrected chi connectivity index (χ2v) is 5.74. The van der Waals surface area contributed by atoms with Crippen LogP contribution in [-0.2, 0) is 0 Å². The highest BCUT2D eigenvalue weighted by molar-refractivity contribution is 7.99. The molecule has 0 radical (unpaired) electrons. The van der Waals surface area contributed by atoms with E-state index in [0.717, 1.165) is 6.54 Å². The molecule has 0 amide bonds. The Kier molecular flexibility index (Phi) is 2.48. The monoisotopic (exact) mass is 207 g/mol. The molecule has 1 heterocycles. The molecule has 0 spiro atoms. The van der Waals surface area contributed by atoms with Crippen molar-refractivity contribution < 1.29 is 0 Å². The predicted molar refractivity (Wildman–Crippen MR) is 64.2 cm³/mol. The normalized spacial score (nSPS) is 19.4. The maximum absolute atomic E-state index is 3.54. The van der Waals surface area contributed by atoms with Crippen molar-refractivity contribution in [2.24, 2.45) is 5.41 Å². The van der Waals surface area contributed by atoms with Gasteiger partial charge in [0.05, 0.1) is 0 Å². The van der Waals surface area contributed by atoms with Crippen molar-refractivity contribution in [3.05, 3.63) is 23.8 Å². The van der Waals surface area contributed by atoms with Crippen molar-refractivity contribution >= 4 is 17.4 Å². The van der Waals surface area contributed by atoms with E-state index in [4.69, 9.17) is 0 Å². The van der Waals surface area contributed by atoms with Gasteiger partial charge in [-0.2, -0.15) is 0 Å². The number of hydrogen-bond donors (Lipinski definition) is 1. The molecule has 1 aromatic carbocycles. The zero-order valence-electron chi connectivity index (χ0n) is 9.05. The van der Waals surface area contributed by atoms with E-state index in [2.05, 4.69) is 44.3 Å². The van der Waals surface area contributed by atoms with Crippen LogP contribution in [0.1, 0.15) is 19.4 Å². The molecule has 2 heteroatoms. The third-order valence-electron chi connectivity index (χ3n) is 2.58. The Balaban J connectivity index is 2.34. The summed E-state index contributed by atoms with van der Waals surface area (Å²) < 4.78 is 0. The van der Waals surface area contributed by atoms with Crippen LogP contribution in [0, 0.1) is 12.3 Å². The van der Waals surface area contributed by atoms with Crippen molar-refractivity contribution in [1.29, 1.82) is 0 Å². The first-order valence-corrected chi connectivity index (χ1v) is 6.03. The van der Waals surface area contributed by atoms with Crippen LogP contribution in [-0.4, -0.2) is 12.3 Å². The molecule has 76 valence electrons. The molecule has 0 bridgehead atoms. The smallest absolute Gasteiger partial charge is 0.0481 e. The zero-order chi connectivity index (χ0) is 10.2. The minimum absolute atomic E-state index is 0.385. The molecule has 0 saturated heterocycles. The van der Waals surface area contributed by atoms with Gasteiger partial charge in [0.25, 0.3) is 0 Å². The number of hydrogen-bond acceptors (Lipinski definition) is 2. The Bertz CT molecular complexity index is 344. The standard InChI is InChI=1S/C12H17NS/c1-9-5-4-6-10-11(9)14-8-12(2,3)7-13-10/h4-6,13H,7-8H2,1-3H3. The second kappa shape index (κ2) is 3.50. The third kappa shape index (κ3) is 1.90. The first kappa shape index (κ1) is 9.91. The van der Waals surface area contributed by atoms with Gasteiger partial charge in [-0.15, -0.1) is 11.8 Å². The summed E-state index contributed by atoms with van der Waals surface area (Å²) in [7, 11) is 0. The van der Waals surface area contributed by atoms with Crippen molar-refractivity contribution in [2.45, 2.75) is 25.7 Å². The van der Waals surface area contributed by atoms with Gasteiger partial charge in [-0.25, -0.2) is 0 Å². The maximum atomic E-state index is 3.54. The summed E-state index contributed by atoms with van der Waals surface area (Å²) in [5, 5.41) is 3.54. The number of anilines is 1. The summed E-state index contributed by atoms with van der Waals surface area (Å²) in [5.74, 6) is 1.19. The van der Waals surface area contributed by atoms with E-state index in [1.54, 1.807) is 0 Å². The molecule has 1 N–H and O–H groups in total. The summed E-state index contributed by atoms with van der Waals surface area (Å²) in [6.07, 6.45) is 0. The number of aryl methyl sites for hydroxylation is 1. The van der Waals surface area contributed by atoms with Crippen LogP contribution >= 0.6 is 11.8 Å². The summed E-state index contributed by atoms with van der Waals surface area (Å²) in [6.45, 7) is 7.88. The fourth-order valence-corrected chi connectivity index (χ4v) is 2.86. The van der Waals surface area contributed by atoms with Crippen LogP contribution in [0.25, 0.3) is 0 Å². The average molecular weight is 207 g/mol. The summed E-state index contributed by atoms with van der Waals surface area (Å²) in [4.78, 5) is 1.43. The van der Waals surface area contributed by atoms with Gasteiger partial charge in [-0.3, -0.25) is 0 Å². The quantitative estimate of drug-likeness (QED) is 0.698. The summed E-state index contributed by atoms with van der Waals surface area (Å²) in [5.41, 5.74) is 3.08. The number of fused-ring (bicyclic) bond motifs is 1. The molecule has 0 atom stereocenters.